The van der Waals surface area contributed by atoms with Crippen LogP contribution in [0.1, 0.15) is 87.5 Å². The van der Waals surface area contributed by atoms with Gasteiger partial charge in [-0.3, -0.25) is 30.9 Å². The molecular formula is C108H100Cl3F6N21O3S3Si2. The van der Waals surface area contributed by atoms with E-state index in [2.05, 4.69) is 121 Å². The third-order valence-electron chi connectivity index (χ3n) is 23.3. The number of urea groups is 3. The van der Waals surface area contributed by atoms with Crippen molar-refractivity contribution in [3.63, 3.8) is 0 Å². The van der Waals surface area contributed by atoms with Gasteiger partial charge in [0.2, 0.25) is 0 Å². The van der Waals surface area contributed by atoms with Gasteiger partial charge in [0.25, 0.3) is 0 Å². The standard InChI is InChI=1S/C37H36ClF2N7OSSi.C34H28ClF2N7OS.C32H26ClF2N7OS.C5H10Si/c1-50(2,3)33-24-47(45-44-33)31-17-11-27(12-18-31)34-35(38)49-36(42-34)43-37(48)46(22-19-30-6-4-5-21-41-30)23-20-32(25-7-13-28(39)14-8-25)26-9-15-29(40)16-10-26;35-32-31(25-8-14-29(15-9-25)44-22-19-39-42-44)40-33(46-32)41-34(45)43(20-16-28-3-1-2-18-38-28)21-17-30(23-4-10-26(36)11-5-23)24-6-12-27(37)13-7-24;33-30-29(23-8-14-27(15-9-23)40-41-36)38-31(44-30)39-32(43)42(19-16-26-3-1-2-18-37-26)20-17-28(21-4-10-24(34)11-5-21)22-6-12-25(35)13-7-22;1-5-6(2,3)4/h4-18,21,24,32H,19-20,22-23H2,1-3H3,(H,42,43,48);1-15,18-19,22,30H,16-17,20-21H2,(H,40,41,45);1-15,18,28H,16-17,19-20H2,(H,38,39,43);1H,2-4H3. The number of hydrogen-bond acceptors (Lipinski definition) is 17. The molecule has 9 aromatic carbocycles. The minimum absolute atomic E-state index is 0.201. The van der Waals surface area contributed by atoms with Crippen molar-refractivity contribution < 1.29 is 40.7 Å². The fourth-order valence-electron chi connectivity index (χ4n) is 15.4. The third kappa shape index (κ3) is 31.1. The highest BCUT2D eigenvalue weighted by molar-refractivity contribution is 7.21. The number of aromatic nitrogens is 12. The molecule has 0 saturated heterocycles. The highest BCUT2D eigenvalue weighted by Crippen LogP contribution is 2.41. The molecule has 6 amide bonds. The number of benzene rings is 9. The van der Waals surface area contributed by atoms with Crippen LogP contribution in [0.5, 0.6) is 0 Å². The Labute approximate surface area is 870 Å². The summed E-state index contributed by atoms with van der Waals surface area (Å²) in [6.07, 6.45) is 18.7. The molecule has 0 radical (unpaired) electrons. The van der Waals surface area contributed by atoms with Gasteiger partial charge in [-0.25, -0.2) is 65.0 Å². The van der Waals surface area contributed by atoms with Crippen molar-refractivity contribution in [2.45, 2.75) is 95.6 Å². The largest absolute Gasteiger partial charge is 0.324 e. The van der Waals surface area contributed by atoms with Crippen molar-refractivity contribution in [3.05, 3.63) is 419 Å². The number of halogens is 9. The highest BCUT2D eigenvalue weighted by atomic mass is 35.5. The smallest absolute Gasteiger partial charge is 0.323 e. The van der Waals surface area contributed by atoms with Gasteiger partial charge in [-0.05, 0) is 192 Å². The summed E-state index contributed by atoms with van der Waals surface area (Å²) in [7, 11) is -2.69. The number of nitrogens with zero attached hydrogens (tertiary/aromatic N) is 18. The van der Waals surface area contributed by atoms with Gasteiger partial charge in [0, 0.05) is 145 Å². The number of pyridine rings is 3. The first-order chi connectivity index (χ1) is 70.4. The summed E-state index contributed by atoms with van der Waals surface area (Å²) >= 11 is 23.2. The average Bonchev–Trinajstić information content (AvgIpc) is 1.57. The second-order valence-corrected chi connectivity index (χ2v) is 50.2. The van der Waals surface area contributed by atoms with Crippen LogP contribution in [0, 0.1) is 46.9 Å². The van der Waals surface area contributed by atoms with Gasteiger partial charge >= 0.3 is 18.1 Å². The molecule has 146 heavy (non-hydrogen) atoms. The zero-order valence-electron chi connectivity index (χ0n) is 80.1. The van der Waals surface area contributed by atoms with E-state index >= 15 is 0 Å². The number of hydrogen-bond donors (Lipinski definition) is 3. The normalized spacial score (nSPS) is 11.2. The molecule has 0 aliphatic carbocycles. The summed E-state index contributed by atoms with van der Waals surface area (Å²) in [6, 6.07) is 75.4. The molecule has 0 spiro atoms. The summed E-state index contributed by atoms with van der Waals surface area (Å²) in [5.74, 6) is -2.69. The summed E-state index contributed by atoms with van der Waals surface area (Å²) in [5, 5.41) is 30.9. The number of terminal acetylenes is 1. The van der Waals surface area contributed by atoms with Gasteiger partial charge in [0.15, 0.2) is 15.4 Å². The number of rotatable bonds is 34. The minimum atomic E-state index is -1.59. The number of anilines is 3. The van der Waals surface area contributed by atoms with Gasteiger partial charge in [-0.1, -0.05) is 263 Å². The number of thiazole rings is 3. The monoisotopic (exact) mass is 2110 g/mol. The first-order valence-corrected chi connectivity index (χ1v) is 57.0. The molecule has 24 nitrogen and oxygen atoms in total. The molecule has 0 fully saturated rings. The Balaban J connectivity index is 0.000000168. The lowest BCUT2D eigenvalue weighted by molar-refractivity contribution is 0.210. The van der Waals surface area contributed by atoms with E-state index in [0.717, 1.165) is 89.6 Å². The van der Waals surface area contributed by atoms with Crippen molar-refractivity contribution >= 4 is 129 Å². The molecule has 0 atom stereocenters. The summed E-state index contributed by atoms with van der Waals surface area (Å²) in [6.45, 7) is 15.3. The molecule has 38 heteroatoms. The van der Waals surface area contributed by atoms with Crippen LogP contribution in [0.2, 0.25) is 52.3 Å². The van der Waals surface area contributed by atoms with E-state index in [-0.39, 0.29) is 70.8 Å². The SMILES string of the molecule is C#C[Si](C)(C)C.C[Si](C)(C)c1cn(-c2ccc(-c3nc(NC(=O)N(CCc4ccccn4)CCC(c4ccc(F)cc4)c4ccc(F)cc4)sc3Cl)cc2)nn1.O=C(Nc1nc(-c2ccc(-n3ccnn3)cc2)c(Cl)s1)N(CCc1ccccn1)CCC(c1ccc(F)cc1)c1ccc(F)cc1.[N-]=[N+]=Nc1ccc(-c2nc(NC(=O)N(CCc3ccccn3)CCC(c3ccc(F)cc3)c3ccc(F)cc3)sc2Cl)cc1. The number of carbonyl (C=O) groups is 3. The molecule has 0 saturated carbocycles. The van der Waals surface area contributed by atoms with E-state index in [0.29, 0.717) is 135 Å². The fraction of sp³-hybridized carbons (Fsp3) is 0.194. The maximum absolute atomic E-state index is 13.8. The van der Waals surface area contributed by atoms with Crippen molar-refractivity contribution in [2.24, 2.45) is 5.11 Å². The van der Waals surface area contributed by atoms with E-state index in [1.807, 2.05) is 109 Å². The van der Waals surface area contributed by atoms with Crippen LogP contribution in [0.3, 0.4) is 0 Å². The molecule has 0 unspecified atom stereocenters. The number of carbonyl (C=O) groups excluding carboxylic acids is 3. The molecule has 17 rings (SSSR count). The van der Waals surface area contributed by atoms with Gasteiger partial charge in [-0.15, -0.1) is 22.2 Å². The van der Waals surface area contributed by atoms with Crippen LogP contribution in [-0.4, -0.2) is 148 Å². The van der Waals surface area contributed by atoms with Gasteiger partial charge in [0.05, 0.1) is 29.1 Å². The third-order valence-corrected chi connectivity index (χ3v) is 29.4. The Morgan fingerprint density at radius 1 is 0.411 bits per heavy atom. The predicted octanol–water partition coefficient (Wildman–Crippen LogP) is 27.5. The zero-order chi connectivity index (χ0) is 103. The van der Waals surface area contributed by atoms with Crippen LogP contribution >= 0.6 is 68.8 Å². The maximum atomic E-state index is 13.8. The van der Waals surface area contributed by atoms with E-state index in [1.165, 1.54) is 95.5 Å². The molecule has 8 heterocycles. The molecule has 17 aromatic rings. The van der Waals surface area contributed by atoms with Crippen molar-refractivity contribution in [2.75, 3.05) is 55.2 Å². The molecule has 0 bridgehead atoms. The molecule has 8 aromatic heterocycles. The van der Waals surface area contributed by atoms with Crippen LogP contribution in [0.4, 0.5) is 61.8 Å². The Hall–Kier alpha value is -14.8. The van der Waals surface area contributed by atoms with Crippen LogP contribution < -0.4 is 21.3 Å². The fourth-order valence-corrected chi connectivity index (χ4v) is 19.5. The number of azide groups is 1. The average molecular weight is 2110 g/mol. The lowest BCUT2D eigenvalue weighted by atomic mass is 9.88. The Morgan fingerprint density at radius 2 is 0.705 bits per heavy atom. The lowest BCUT2D eigenvalue weighted by Gasteiger charge is -2.26. The number of amides is 6. The molecular weight excluding hydrogens is 2010 g/mol. The Morgan fingerprint density at radius 3 is 0.959 bits per heavy atom. The molecule has 744 valence electrons. The van der Waals surface area contributed by atoms with Crippen LogP contribution in [-0.2, 0) is 19.3 Å². The van der Waals surface area contributed by atoms with E-state index < -0.39 is 16.1 Å². The van der Waals surface area contributed by atoms with Gasteiger partial charge in [-0.2, -0.15) is 0 Å². The molecule has 0 aliphatic rings. The van der Waals surface area contributed by atoms with Crippen molar-refractivity contribution in [3.8, 4) is 57.1 Å². The summed E-state index contributed by atoms with van der Waals surface area (Å²) < 4.78 is 87.3. The number of nitrogens with one attached hydrogen (secondary N) is 3. The minimum Gasteiger partial charge on any atom is -0.324 e. The highest BCUT2D eigenvalue weighted by Gasteiger charge is 2.29. The van der Waals surface area contributed by atoms with E-state index in [4.69, 9.17) is 46.8 Å². The van der Waals surface area contributed by atoms with Crippen molar-refractivity contribution in [1.29, 1.82) is 0 Å². The first-order valence-electron chi connectivity index (χ1n) is 46.4. The topological polar surface area (TPSA) is 285 Å². The quantitative estimate of drug-likeness (QED) is 0.00845. The summed E-state index contributed by atoms with van der Waals surface area (Å²) in [4.78, 5) is 76.2. The van der Waals surface area contributed by atoms with Gasteiger partial charge < -0.3 is 14.7 Å². The van der Waals surface area contributed by atoms with Gasteiger partial charge in [0.1, 0.15) is 81.1 Å². The maximum Gasteiger partial charge on any atom is 0.323 e. The van der Waals surface area contributed by atoms with Crippen molar-refractivity contribution in [1.82, 2.24) is 74.6 Å². The Kier molecular flexibility index (Phi) is 37.8. The van der Waals surface area contributed by atoms with Crippen LogP contribution in [0.25, 0.3) is 55.6 Å². The lowest BCUT2D eigenvalue weighted by Crippen LogP contribution is -2.38. The molecule has 3 N–H and O–H groups in total. The molecule has 0 aliphatic heterocycles. The second-order valence-electron chi connectivity index (χ2n) is 35.6. The second kappa shape index (κ2) is 51.6. The van der Waals surface area contributed by atoms with Crippen LogP contribution in [0.15, 0.2) is 315 Å². The van der Waals surface area contributed by atoms with E-state index in [1.54, 1.807) is 152 Å². The Bertz CT molecular complexity index is 7070. The summed E-state index contributed by atoms with van der Waals surface area (Å²) in [5.41, 5.74) is 25.2. The predicted molar refractivity (Wildman–Crippen MR) is 575 cm³/mol. The first kappa shape index (κ1) is 107. The van der Waals surface area contributed by atoms with E-state index in [9.17, 15) is 40.7 Å². The zero-order valence-corrected chi connectivity index (χ0v) is 86.9.